The molecule has 0 aromatic rings. The van der Waals surface area contributed by atoms with Gasteiger partial charge in [-0.3, -0.25) is 0 Å². The summed E-state index contributed by atoms with van der Waals surface area (Å²) in [6.07, 6.45) is 7.78. The van der Waals surface area contributed by atoms with E-state index in [1.807, 2.05) is 0 Å². The van der Waals surface area contributed by atoms with E-state index in [2.05, 4.69) is 24.1 Å². The molecule has 2 rings (SSSR count). The van der Waals surface area contributed by atoms with Crippen LogP contribution in [-0.4, -0.2) is 48.3 Å². The van der Waals surface area contributed by atoms with Crippen LogP contribution >= 0.6 is 0 Å². The lowest BCUT2D eigenvalue weighted by atomic mass is 9.96. The number of hydrogen-bond donors (Lipinski definition) is 2. The van der Waals surface area contributed by atoms with Crippen molar-refractivity contribution in [1.29, 1.82) is 0 Å². The maximum absolute atomic E-state index is 9.38. The van der Waals surface area contributed by atoms with Gasteiger partial charge >= 0.3 is 0 Å². The van der Waals surface area contributed by atoms with E-state index in [9.17, 15) is 5.11 Å². The molecule has 1 heterocycles. The van der Waals surface area contributed by atoms with E-state index in [0.717, 1.165) is 12.5 Å². The molecule has 112 valence electrons. The highest BCUT2D eigenvalue weighted by atomic mass is 16.3. The van der Waals surface area contributed by atoms with Gasteiger partial charge in [-0.05, 0) is 77.4 Å². The van der Waals surface area contributed by atoms with E-state index in [-0.39, 0.29) is 0 Å². The number of nitrogens with zero attached hydrogens (tertiary/aromatic N) is 1. The van der Waals surface area contributed by atoms with E-state index in [4.69, 9.17) is 0 Å². The summed E-state index contributed by atoms with van der Waals surface area (Å²) in [7, 11) is 0. The van der Waals surface area contributed by atoms with E-state index in [1.165, 1.54) is 51.6 Å². The van der Waals surface area contributed by atoms with Crippen LogP contribution < -0.4 is 5.32 Å². The lowest BCUT2D eigenvalue weighted by Gasteiger charge is -2.25. The van der Waals surface area contributed by atoms with Crippen LogP contribution in [0.5, 0.6) is 0 Å². The molecule has 0 spiro atoms. The molecule has 0 aromatic heterocycles. The molecule has 2 aliphatic rings. The molecule has 3 nitrogen and oxygen atoms in total. The Bertz CT molecular complexity index is 257. The second-order valence-electron chi connectivity index (χ2n) is 6.80. The lowest BCUT2D eigenvalue weighted by molar-refractivity contribution is 0.189. The van der Waals surface area contributed by atoms with Crippen LogP contribution in [0.2, 0.25) is 0 Å². The summed E-state index contributed by atoms with van der Waals surface area (Å²) in [5.74, 6) is 1.28. The predicted molar refractivity (Wildman–Crippen MR) is 80.3 cm³/mol. The maximum atomic E-state index is 9.38. The van der Waals surface area contributed by atoms with Gasteiger partial charge in [0.05, 0.1) is 0 Å². The highest BCUT2D eigenvalue weighted by Gasteiger charge is 2.27. The van der Waals surface area contributed by atoms with Crippen molar-refractivity contribution in [3.8, 4) is 0 Å². The number of aliphatic hydroxyl groups is 1. The average Bonchev–Trinajstić information content (AvgIpc) is 2.72. The van der Waals surface area contributed by atoms with Gasteiger partial charge in [0.2, 0.25) is 0 Å². The molecule has 2 N–H and O–H groups in total. The second kappa shape index (κ2) is 7.61. The minimum atomic E-state index is 0.387. The molecule has 3 atom stereocenters. The summed E-state index contributed by atoms with van der Waals surface area (Å²) >= 11 is 0. The monoisotopic (exact) mass is 268 g/mol. The Labute approximate surface area is 118 Å². The first-order valence-electron chi connectivity index (χ1n) is 8.29. The van der Waals surface area contributed by atoms with Gasteiger partial charge in [0.25, 0.3) is 0 Å². The minimum Gasteiger partial charge on any atom is -0.396 e. The normalized spacial score (nSPS) is 33.8. The Morgan fingerprint density at radius 2 is 1.84 bits per heavy atom. The van der Waals surface area contributed by atoms with Crippen LogP contribution in [0.25, 0.3) is 0 Å². The summed E-state index contributed by atoms with van der Waals surface area (Å²) in [6, 6.07) is 1.39. The van der Waals surface area contributed by atoms with Gasteiger partial charge in [-0.1, -0.05) is 6.42 Å². The molecular formula is C16H32N2O. The predicted octanol–water partition coefficient (Wildman–Crippen LogP) is 2.25. The highest BCUT2D eigenvalue weighted by molar-refractivity contribution is 4.82. The summed E-state index contributed by atoms with van der Waals surface area (Å²) < 4.78 is 0. The summed E-state index contributed by atoms with van der Waals surface area (Å²) in [6.45, 7) is 8.62. The Hall–Kier alpha value is -0.120. The summed E-state index contributed by atoms with van der Waals surface area (Å²) in [5.41, 5.74) is 0. The number of nitrogens with one attached hydrogen (secondary N) is 1. The molecule has 19 heavy (non-hydrogen) atoms. The van der Waals surface area contributed by atoms with E-state index in [0.29, 0.717) is 24.6 Å². The molecule has 2 fully saturated rings. The fourth-order valence-corrected chi connectivity index (χ4v) is 3.78. The zero-order chi connectivity index (χ0) is 13.7. The first kappa shape index (κ1) is 15.3. The van der Waals surface area contributed by atoms with Crippen molar-refractivity contribution >= 4 is 0 Å². The Kier molecular flexibility index (Phi) is 6.11. The van der Waals surface area contributed by atoms with Gasteiger partial charge < -0.3 is 15.3 Å². The molecule has 0 bridgehead atoms. The Morgan fingerprint density at radius 1 is 1.05 bits per heavy atom. The van der Waals surface area contributed by atoms with E-state index in [1.54, 1.807) is 0 Å². The van der Waals surface area contributed by atoms with Crippen molar-refractivity contribution in [2.75, 3.05) is 26.2 Å². The van der Waals surface area contributed by atoms with Gasteiger partial charge in [-0.15, -0.1) is 0 Å². The molecule has 0 amide bonds. The Balaban J connectivity index is 1.71. The van der Waals surface area contributed by atoms with Crippen LogP contribution in [-0.2, 0) is 0 Å². The van der Waals surface area contributed by atoms with E-state index >= 15 is 0 Å². The summed E-state index contributed by atoms with van der Waals surface area (Å²) in [5, 5.41) is 13.2. The third-order valence-corrected chi connectivity index (χ3v) is 5.21. The smallest absolute Gasteiger partial charge is 0.0462 e. The fourth-order valence-electron chi connectivity index (χ4n) is 3.78. The highest BCUT2D eigenvalue weighted by Crippen LogP contribution is 2.30. The molecule has 3 unspecified atom stereocenters. The zero-order valence-corrected chi connectivity index (χ0v) is 12.8. The average molecular weight is 268 g/mol. The van der Waals surface area contributed by atoms with Crippen molar-refractivity contribution in [3.63, 3.8) is 0 Å². The molecule has 1 aliphatic carbocycles. The quantitative estimate of drug-likeness (QED) is 0.803. The number of rotatable bonds is 5. The number of hydrogen-bond acceptors (Lipinski definition) is 3. The van der Waals surface area contributed by atoms with Gasteiger partial charge in [0.15, 0.2) is 0 Å². The van der Waals surface area contributed by atoms with Crippen LogP contribution in [0.1, 0.15) is 52.4 Å². The second-order valence-corrected chi connectivity index (χ2v) is 6.80. The maximum Gasteiger partial charge on any atom is 0.0462 e. The third kappa shape index (κ3) is 4.44. The third-order valence-electron chi connectivity index (χ3n) is 5.21. The zero-order valence-electron chi connectivity index (χ0n) is 12.8. The van der Waals surface area contributed by atoms with Crippen molar-refractivity contribution in [2.45, 2.75) is 64.5 Å². The molecule has 1 saturated heterocycles. The molecule has 0 radical (unpaired) electrons. The molecule has 3 heteroatoms. The van der Waals surface area contributed by atoms with Gasteiger partial charge in [0.1, 0.15) is 0 Å². The van der Waals surface area contributed by atoms with Gasteiger partial charge in [-0.2, -0.15) is 0 Å². The lowest BCUT2D eigenvalue weighted by Crippen LogP contribution is -2.36. The molecule has 0 aromatic carbocycles. The Morgan fingerprint density at radius 3 is 2.58 bits per heavy atom. The van der Waals surface area contributed by atoms with Crippen molar-refractivity contribution in [2.24, 2.45) is 11.8 Å². The fraction of sp³-hybridized carbons (Fsp3) is 1.00. The van der Waals surface area contributed by atoms with Gasteiger partial charge in [-0.25, -0.2) is 0 Å². The first-order chi connectivity index (χ1) is 9.20. The van der Waals surface area contributed by atoms with Crippen LogP contribution in [0.15, 0.2) is 0 Å². The van der Waals surface area contributed by atoms with Crippen molar-refractivity contribution < 1.29 is 5.11 Å². The van der Waals surface area contributed by atoms with Crippen molar-refractivity contribution in [1.82, 2.24) is 10.2 Å². The van der Waals surface area contributed by atoms with Gasteiger partial charge in [0, 0.05) is 18.7 Å². The largest absolute Gasteiger partial charge is 0.396 e. The van der Waals surface area contributed by atoms with Crippen LogP contribution in [0.3, 0.4) is 0 Å². The SMILES string of the molecule is CC(C)N1CCCC(NCC2CCCC2CO)CC1. The first-order valence-corrected chi connectivity index (χ1v) is 8.29. The van der Waals surface area contributed by atoms with Crippen molar-refractivity contribution in [3.05, 3.63) is 0 Å². The topological polar surface area (TPSA) is 35.5 Å². The number of aliphatic hydroxyl groups excluding tert-OH is 1. The van der Waals surface area contributed by atoms with Crippen LogP contribution in [0, 0.1) is 11.8 Å². The minimum absolute atomic E-state index is 0.387. The summed E-state index contributed by atoms with van der Waals surface area (Å²) in [4.78, 5) is 2.60. The molecular weight excluding hydrogens is 236 g/mol. The molecule has 1 saturated carbocycles. The van der Waals surface area contributed by atoms with Crippen LogP contribution in [0.4, 0.5) is 0 Å². The van der Waals surface area contributed by atoms with E-state index < -0.39 is 0 Å². The standard InChI is InChI=1S/C16H32N2O/c1-13(2)18-9-4-7-16(8-10-18)17-11-14-5-3-6-15(14)12-19/h13-17,19H,3-12H2,1-2H3. The number of likely N-dealkylation sites (tertiary alicyclic amines) is 1. The molecule has 1 aliphatic heterocycles.